The number of ketones is 1. The van der Waals surface area contributed by atoms with E-state index in [1.807, 2.05) is 0 Å². The Morgan fingerprint density at radius 3 is 2.33 bits per heavy atom. The second-order valence-electron chi connectivity index (χ2n) is 8.89. The average Bonchev–Trinajstić information content (AvgIpc) is 3.31. The maximum atomic E-state index is 15.9. The number of alkyl halides is 1. The summed E-state index contributed by atoms with van der Waals surface area (Å²) in [6.07, 6.45) is 0.357. The number of nitrogens with zero attached hydrogens (tertiary/aromatic N) is 1. The van der Waals surface area contributed by atoms with Crippen molar-refractivity contribution in [2.45, 2.75) is 25.1 Å². The molecule has 1 atom stereocenters. The SMILES string of the molecule is COC(=O)c1ccc(OCN2CCCC2(F)C(=O)Cc2ccc(NC(=O)Nc3ccccc3Cl)c(Cl)c2)cc1. The van der Waals surface area contributed by atoms with E-state index in [4.69, 9.17) is 27.9 Å². The standard InChI is InChI=1S/C28H26Cl2FN3O5/c1-38-26(36)19-8-10-20(11-9-19)39-17-34-14-4-13-28(34,31)25(35)16-18-7-12-24(22(30)15-18)33-27(37)32-23-6-3-2-5-21(23)29/h2-3,5-12,15H,4,13-14,16-17H2,1H3,(H2,32,33,37). The van der Waals surface area contributed by atoms with Crippen molar-refractivity contribution in [3.05, 3.63) is 87.9 Å². The molecule has 0 bridgehead atoms. The fraction of sp³-hybridized carbons (Fsp3) is 0.250. The van der Waals surface area contributed by atoms with Gasteiger partial charge in [0.05, 0.1) is 34.1 Å². The number of urea groups is 1. The number of esters is 1. The summed E-state index contributed by atoms with van der Waals surface area (Å²) in [7, 11) is 1.29. The number of ether oxygens (including phenoxy) is 2. The van der Waals surface area contributed by atoms with Crippen LogP contribution in [0.4, 0.5) is 20.6 Å². The Morgan fingerprint density at radius 1 is 0.974 bits per heavy atom. The first-order chi connectivity index (χ1) is 18.7. The molecule has 204 valence electrons. The summed E-state index contributed by atoms with van der Waals surface area (Å²) in [6.45, 7) is 0.219. The van der Waals surface area contributed by atoms with Gasteiger partial charge in [-0.2, -0.15) is 0 Å². The van der Waals surface area contributed by atoms with Crippen molar-refractivity contribution in [1.82, 2.24) is 4.90 Å². The number of carbonyl (C=O) groups excluding carboxylic acids is 3. The van der Waals surface area contributed by atoms with Crippen LogP contribution in [-0.2, 0) is 16.0 Å². The van der Waals surface area contributed by atoms with Crippen LogP contribution in [0.3, 0.4) is 0 Å². The lowest BCUT2D eigenvalue weighted by molar-refractivity contribution is -0.144. The first-order valence-electron chi connectivity index (χ1n) is 12.1. The number of carbonyl (C=O) groups is 3. The number of likely N-dealkylation sites (tertiary alicyclic amines) is 1. The summed E-state index contributed by atoms with van der Waals surface area (Å²) in [5.41, 5.74) is 1.63. The van der Waals surface area contributed by atoms with Gasteiger partial charge >= 0.3 is 12.0 Å². The fourth-order valence-corrected chi connectivity index (χ4v) is 4.64. The number of methoxy groups -OCH3 is 1. The number of Topliss-reactive ketones (excluding diaryl/α,β-unsaturated/α-hetero) is 1. The third kappa shape index (κ3) is 6.86. The second kappa shape index (κ2) is 12.5. The van der Waals surface area contributed by atoms with Crippen LogP contribution >= 0.6 is 23.2 Å². The van der Waals surface area contributed by atoms with Gasteiger partial charge in [-0.3, -0.25) is 4.79 Å². The summed E-state index contributed by atoms with van der Waals surface area (Å²) < 4.78 is 26.2. The van der Waals surface area contributed by atoms with E-state index in [1.54, 1.807) is 60.7 Å². The molecule has 39 heavy (non-hydrogen) atoms. The highest BCUT2D eigenvalue weighted by Gasteiger charge is 2.47. The highest BCUT2D eigenvalue weighted by molar-refractivity contribution is 6.34. The van der Waals surface area contributed by atoms with Crippen molar-refractivity contribution < 1.29 is 28.2 Å². The number of hydrogen-bond acceptors (Lipinski definition) is 6. The molecule has 3 aromatic carbocycles. The minimum Gasteiger partial charge on any atom is -0.478 e. The zero-order chi connectivity index (χ0) is 28.0. The van der Waals surface area contributed by atoms with E-state index < -0.39 is 23.6 Å². The molecule has 0 radical (unpaired) electrons. The summed E-state index contributed by atoms with van der Waals surface area (Å²) in [5.74, 6) is -2.85. The minimum absolute atomic E-state index is 0.0477. The molecule has 1 saturated heterocycles. The van der Waals surface area contributed by atoms with Gasteiger partial charge in [0.15, 0.2) is 5.78 Å². The summed E-state index contributed by atoms with van der Waals surface area (Å²) in [4.78, 5) is 38.3. The molecular formula is C28H26Cl2FN3O5. The number of halogens is 3. The van der Waals surface area contributed by atoms with Gasteiger partial charge in [0.1, 0.15) is 12.5 Å². The smallest absolute Gasteiger partial charge is 0.337 e. The zero-order valence-electron chi connectivity index (χ0n) is 21.0. The molecule has 0 saturated carbocycles. The third-order valence-electron chi connectivity index (χ3n) is 6.30. The van der Waals surface area contributed by atoms with Crippen LogP contribution in [0, 0.1) is 0 Å². The van der Waals surface area contributed by atoms with Crippen molar-refractivity contribution in [2.75, 3.05) is 31.0 Å². The third-order valence-corrected chi connectivity index (χ3v) is 6.94. The van der Waals surface area contributed by atoms with Crippen LogP contribution in [0.1, 0.15) is 28.8 Å². The maximum absolute atomic E-state index is 15.9. The molecule has 2 N–H and O–H groups in total. The largest absolute Gasteiger partial charge is 0.478 e. The number of hydrogen-bond donors (Lipinski definition) is 2. The van der Waals surface area contributed by atoms with E-state index in [2.05, 4.69) is 15.4 Å². The van der Waals surface area contributed by atoms with Crippen molar-refractivity contribution >= 4 is 52.4 Å². The molecule has 1 aliphatic heterocycles. The lowest BCUT2D eigenvalue weighted by Gasteiger charge is -2.29. The maximum Gasteiger partial charge on any atom is 0.337 e. The Labute approximate surface area is 235 Å². The normalized spacial score (nSPS) is 16.9. The summed E-state index contributed by atoms with van der Waals surface area (Å²) >= 11 is 12.4. The number of anilines is 2. The van der Waals surface area contributed by atoms with Crippen LogP contribution in [0.5, 0.6) is 5.75 Å². The number of benzene rings is 3. The molecule has 4 rings (SSSR count). The molecule has 11 heteroatoms. The Hall–Kier alpha value is -3.66. The van der Waals surface area contributed by atoms with Gasteiger partial charge in [-0.05, 0) is 60.5 Å². The molecule has 0 aromatic heterocycles. The predicted octanol–water partition coefficient (Wildman–Crippen LogP) is 6.33. The van der Waals surface area contributed by atoms with Crippen LogP contribution in [0.15, 0.2) is 66.7 Å². The highest BCUT2D eigenvalue weighted by atomic mass is 35.5. The summed E-state index contributed by atoms with van der Waals surface area (Å²) in [5, 5.41) is 5.85. The Balaban J connectivity index is 1.35. The molecule has 0 spiro atoms. The molecule has 1 unspecified atom stereocenters. The summed E-state index contributed by atoms with van der Waals surface area (Å²) in [6, 6.07) is 17.2. The van der Waals surface area contributed by atoms with Gasteiger partial charge in [0.2, 0.25) is 5.79 Å². The Bertz CT molecular complexity index is 1370. The molecular weight excluding hydrogens is 548 g/mol. The lowest BCUT2D eigenvalue weighted by Crippen LogP contribution is -2.49. The van der Waals surface area contributed by atoms with Crippen molar-refractivity contribution in [2.24, 2.45) is 0 Å². The number of nitrogens with one attached hydrogen (secondary N) is 2. The van der Waals surface area contributed by atoms with Crippen LogP contribution in [0.2, 0.25) is 10.0 Å². The van der Waals surface area contributed by atoms with Crippen LogP contribution < -0.4 is 15.4 Å². The van der Waals surface area contributed by atoms with Gasteiger partial charge in [0, 0.05) is 19.4 Å². The van der Waals surface area contributed by atoms with E-state index in [9.17, 15) is 14.4 Å². The lowest BCUT2D eigenvalue weighted by atomic mass is 9.99. The molecule has 2 amide bonds. The van der Waals surface area contributed by atoms with Crippen LogP contribution in [0.25, 0.3) is 0 Å². The zero-order valence-corrected chi connectivity index (χ0v) is 22.5. The molecule has 8 nitrogen and oxygen atoms in total. The predicted molar refractivity (Wildman–Crippen MR) is 147 cm³/mol. The highest BCUT2D eigenvalue weighted by Crippen LogP contribution is 2.34. The molecule has 1 fully saturated rings. The topological polar surface area (TPSA) is 97.0 Å². The Morgan fingerprint density at radius 2 is 1.67 bits per heavy atom. The number of rotatable bonds is 9. The van der Waals surface area contributed by atoms with Gasteiger partial charge in [-0.15, -0.1) is 0 Å². The average molecular weight is 574 g/mol. The fourth-order valence-electron chi connectivity index (χ4n) is 4.21. The van der Waals surface area contributed by atoms with E-state index in [1.165, 1.54) is 18.1 Å². The Kier molecular flexibility index (Phi) is 9.06. The van der Waals surface area contributed by atoms with E-state index in [-0.39, 0.29) is 24.6 Å². The van der Waals surface area contributed by atoms with Crippen molar-refractivity contribution in [1.29, 1.82) is 0 Å². The van der Waals surface area contributed by atoms with E-state index in [0.29, 0.717) is 46.2 Å². The van der Waals surface area contributed by atoms with Gasteiger partial charge in [-0.25, -0.2) is 18.9 Å². The number of para-hydroxylation sites is 1. The molecule has 1 aliphatic rings. The van der Waals surface area contributed by atoms with Gasteiger partial charge in [0.25, 0.3) is 0 Å². The molecule has 0 aliphatic carbocycles. The first-order valence-corrected chi connectivity index (χ1v) is 12.8. The van der Waals surface area contributed by atoms with E-state index in [0.717, 1.165) is 0 Å². The minimum atomic E-state index is -2.19. The molecule has 3 aromatic rings. The van der Waals surface area contributed by atoms with E-state index >= 15 is 4.39 Å². The second-order valence-corrected chi connectivity index (χ2v) is 9.70. The van der Waals surface area contributed by atoms with Gasteiger partial charge < -0.3 is 20.1 Å². The van der Waals surface area contributed by atoms with Crippen LogP contribution in [-0.4, -0.2) is 48.9 Å². The quantitative estimate of drug-likeness (QED) is 0.229. The number of amides is 2. The van der Waals surface area contributed by atoms with Crippen molar-refractivity contribution in [3.63, 3.8) is 0 Å². The monoisotopic (exact) mass is 573 g/mol. The molecule has 1 heterocycles. The van der Waals surface area contributed by atoms with Gasteiger partial charge in [-0.1, -0.05) is 41.4 Å². The van der Waals surface area contributed by atoms with Crippen molar-refractivity contribution in [3.8, 4) is 5.75 Å². The first kappa shape index (κ1) is 28.4.